The van der Waals surface area contributed by atoms with E-state index in [-0.39, 0.29) is 121 Å². The summed E-state index contributed by atoms with van der Waals surface area (Å²) in [6, 6.07) is -10.6. The Bertz CT molecular complexity index is 2080. The Kier molecular flexibility index (Phi) is 34.1. The van der Waals surface area contributed by atoms with Crippen LogP contribution in [0.4, 0.5) is 0 Å². The summed E-state index contributed by atoms with van der Waals surface area (Å²) >= 11 is 0. The van der Waals surface area contributed by atoms with Crippen molar-refractivity contribution in [2.45, 2.75) is 164 Å². The molecule has 9 amide bonds. The number of hydrogen-bond donors (Lipinski definition) is 20. The van der Waals surface area contributed by atoms with Gasteiger partial charge in [-0.15, -0.1) is 0 Å². The third kappa shape index (κ3) is 30.2. The van der Waals surface area contributed by atoms with Gasteiger partial charge in [-0.3, -0.25) is 62.9 Å². The zero-order chi connectivity index (χ0) is 59.5. The van der Waals surface area contributed by atoms with E-state index in [0.29, 0.717) is 32.2 Å². The lowest BCUT2D eigenvalue weighted by molar-refractivity contribution is -0.139. The Morgan fingerprint density at radius 2 is 0.873 bits per heavy atom. The molecule has 79 heavy (non-hydrogen) atoms. The number of unbranched alkanes of at least 4 members (excludes halogenated alkanes) is 2. The third-order valence-electron chi connectivity index (χ3n) is 12.1. The number of nitrogens with two attached hydrogens (primary N) is 9. The van der Waals surface area contributed by atoms with Crippen LogP contribution in [0.3, 0.4) is 0 Å². The molecule has 1 aliphatic heterocycles. The number of hydrogen-bond acceptors (Lipinski definition) is 17. The lowest BCUT2D eigenvalue weighted by Gasteiger charge is -2.28. The highest BCUT2D eigenvalue weighted by Gasteiger charge is 2.36. The van der Waals surface area contributed by atoms with E-state index in [9.17, 15) is 53.1 Å². The number of nitrogens with zero attached hydrogens (tertiary/aromatic N) is 3. The zero-order valence-electron chi connectivity index (χ0n) is 45.0. The van der Waals surface area contributed by atoms with Gasteiger partial charge in [-0.25, -0.2) is 0 Å². The van der Waals surface area contributed by atoms with E-state index in [1.165, 1.54) is 6.92 Å². The topological polar surface area (TPSA) is 591 Å². The van der Waals surface area contributed by atoms with Crippen LogP contribution in [-0.2, 0) is 47.9 Å². The van der Waals surface area contributed by atoms with Crippen LogP contribution in [0.5, 0.6) is 0 Å². The summed E-state index contributed by atoms with van der Waals surface area (Å²) in [6.45, 7) is 1.44. The number of carboxylic acids is 1. The van der Waals surface area contributed by atoms with Gasteiger partial charge >= 0.3 is 5.97 Å². The lowest BCUT2D eigenvalue weighted by Crippen LogP contribution is -2.61. The molecule has 1 rings (SSSR count). The molecule has 0 spiro atoms. The number of nitrogens with one attached hydrogen (secondary N) is 9. The molecule has 1 fully saturated rings. The molecule has 0 aliphatic carbocycles. The van der Waals surface area contributed by atoms with Gasteiger partial charge in [0.2, 0.25) is 53.2 Å². The minimum absolute atomic E-state index is 0.00680. The maximum atomic E-state index is 14.4. The second kappa shape index (κ2) is 38.8. The molecule has 0 radical (unpaired) electrons. The fourth-order valence-corrected chi connectivity index (χ4v) is 7.87. The second-order valence-corrected chi connectivity index (χ2v) is 18.8. The summed E-state index contributed by atoms with van der Waals surface area (Å²) in [5.74, 6) is -9.73. The molecule has 448 valence electrons. The number of carboxylic acid groups (broad SMARTS) is 1. The minimum atomic E-state index is -1.74. The Labute approximate surface area is 458 Å². The summed E-state index contributed by atoms with van der Waals surface area (Å²) in [5.41, 5.74) is 49.7. The molecule has 29 N–H and O–H groups in total. The van der Waals surface area contributed by atoms with Crippen molar-refractivity contribution >= 4 is 77.0 Å². The predicted molar refractivity (Wildman–Crippen MR) is 291 cm³/mol. The van der Waals surface area contributed by atoms with Crippen LogP contribution in [0.1, 0.15) is 110 Å². The molecule has 0 saturated carbocycles. The second-order valence-electron chi connectivity index (χ2n) is 18.8. The van der Waals surface area contributed by atoms with Crippen molar-refractivity contribution in [1.82, 2.24) is 47.9 Å². The van der Waals surface area contributed by atoms with Gasteiger partial charge < -0.3 is 110 Å². The van der Waals surface area contributed by atoms with Gasteiger partial charge in [0.25, 0.3) is 0 Å². The van der Waals surface area contributed by atoms with Crippen LogP contribution in [0, 0.1) is 0 Å². The molecule has 1 aliphatic rings. The number of guanidine groups is 3. The first-order chi connectivity index (χ1) is 37.4. The number of aliphatic hydroxyl groups is 1. The summed E-state index contributed by atoms with van der Waals surface area (Å²) in [5, 5.41) is 43.1. The normalized spacial score (nSPS) is 15.8. The van der Waals surface area contributed by atoms with Crippen molar-refractivity contribution in [3.05, 3.63) is 0 Å². The zero-order valence-corrected chi connectivity index (χ0v) is 45.0. The van der Waals surface area contributed by atoms with Gasteiger partial charge in [0.05, 0.1) is 12.1 Å². The molecule has 0 aromatic heterocycles. The summed E-state index contributed by atoms with van der Waals surface area (Å²) in [4.78, 5) is 145. The smallest absolute Gasteiger partial charge is 0.322 e. The summed E-state index contributed by atoms with van der Waals surface area (Å²) < 4.78 is 0. The highest BCUT2D eigenvalue weighted by molar-refractivity contribution is 5.98. The number of carbonyl (C=O) groups excluding carboxylic acids is 9. The minimum Gasteiger partial charge on any atom is -0.480 e. The van der Waals surface area contributed by atoms with E-state index in [1.54, 1.807) is 0 Å². The van der Waals surface area contributed by atoms with Gasteiger partial charge in [-0.2, -0.15) is 0 Å². The number of primary amides is 1. The van der Waals surface area contributed by atoms with Gasteiger partial charge in [0.15, 0.2) is 17.9 Å². The first kappa shape index (κ1) is 69.4. The molecule has 0 aromatic carbocycles. The van der Waals surface area contributed by atoms with Crippen LogP contribution < -0.4 is 99.5 Å². The molecular formula is C46H87N21O12. The fraction of sp³-hybridized carbons (Fsp3) is 0.717. The number of amides is 9. The molecule has 1 saturated heterocycles. The maximum Gasteiger partial charge on any atom is 0.322 e. The van der Waals surface area contributed by atoms with Gasteiger partial charge in [0, 0.05) is 26.1 Å². The third-order valence-corrected chi connectivity index (χ3v) is 12.1. The highest BCUT2D eigenvalue weighted by atomic mass is 16.4. The first-order valence-electron chi connectivity index (χ1n) is 26.3. The van der Waals surface area contributed by atoms with Gasteiger partial charge in [-0.1, -0.05) is 0 Å². The van der Waals surface area contributed by atoms with E-state index in [4.69, 9.17) is 56.7 Å². The van der Waals surface area contributed by atoms with Crippen LogP contribution >= 0.6 is 0 Å². The molecule has 0 aromatic rings. The quantitative estimate of drug-likeness (QED) is 0.0154. The van der Waals surface area contributed by atoms with E-state index in [1.807, 2.05) is 0 Å². The number of rotatable bonds is 41. The Hall–Kier alpha value is -7.65. The van der Waals surface area contributed by atoms with Crippen LogP contribution in [0.25, 0.3) is 0 Å². The molecule has 9 atom stereocenters. The molecule has 33 heteroatoms. The van der Waals surface area contributed by atoms with Crippen LogP contribution in [0.2, 0.25) is 0 Å². The maximum absolute atomic E-state index is 14.4. The van der Waals surface area contributed by atoms with E-state index in [2.05, 4.69) is 62.8 Å². The average molecular weight is 1130 g/mol. The summed E-state index contributed by atoms with van der Waals surface area (Å²) in [6.07, 6.45) is 0.423. The lowest BCUT2D eigenvalue weighted by atomic mass is 10.0. The summed E-state index contributed by atoms with van der Waals surface area (Å²) in [7, 11) is 0. The van der Waals surface area contributed by atoms with Gasteiger partial charge in [0.1, 0.15) is 48.8 Å². The number of aliphatic carboxylic acids is 1. The molecule has 33 nitrogen and oxygen atoms in total. The van der Waals surface area contributed by atoms with Crippen molar-refractivity contribution in [2.24, 2.45) is 66.6 Å². The molecular weight excluding hydrogens is 1040 g/mol. The fourth-order valence-electron chi connectivity index (χ4n) is 7.87. The predicted octanol–water partition coefficient (Wildman–Crippen LogP) is -8.60. The van der Waals surface area contributed by atoms with Crippen molar-refractivity contribution in [3.8, 4) is 0 Å². The van der Waals surface area contributed by atoms with Crippen LogP contribution in [-0.4, -0.2) is 187 Å². The number of aliphatic imine (C=N–C) groups is 3. The largest absolute Gasteiger partial charge is 0.480 e. The van der Waals surface area contributed by atoms with E-state index >= 15 is 0 Å². The van der Waals surface area contributed by atoms with Gasteiger partial charge in [-0.05, 0) is 123 Å². The van der Waals surface area contributed by atoms with Crippen molar-refractivity contribution in [3.63, 3.8) is 0 Å². The SMILES string of the molecule is C[C@@H](O)[C@H](NC(=O)[C@H](CCCCN)NC(=O)[C@H](CCCN=C(N)N)NC(=O)[C@H](CCCCN)NC(=O)[C@H](CCCN=C(N)N)NC(=O)[C@H](CCC(N)=O)NC(=O)[C@@H]1CCCN1)C(=O)N[C@@H](CCCN=C(N)N)C(=O)NCC(=O)O. The molecule has 0 bridgehead atoms. The number of carbonyl (C=O) groups is 10. The van der Waals surface area contributed by atoms with Crippen molar-refractivity contribution in [2.75, 3.05) is 45.8 Å². The first-order valence-corrected chi connectivity index (χ1v) is 26.3. The molecule has 0 unspecified atom stereocenters. The Morgan fingerprint density at radius 3 is 1.22 bits per heavy atom. The molecule has 1 heterocycles. The standard InChI is InChI=1S/C46H87N21O12/c1-25(68)35(43(79)66-27(13-7-21-57-44(50)51)36(72)60-24-34(70)71)67-42(78)29(11-3-5-19-48)62-40(76)30(14-8-22-58-45(52)53)63-38(74)28(10-2-4-18-47)61-39(75)31(15-9-23-59-46(54)55)64-41(77)32(16-17-33(49)69)65-37(73)26-12-6-20-56-26/h25-32,35,56,68H,2-24,47-48H2,1H3,(H2,49,69)(H,60,72)(H,61,75)(H,62,76)(H,63,74)(H,64,77)(H,65,73)(H,66,79)(H,67,78)(H,70,71)(H4,50,51,57)(H4,52,53,58)(H4,54,55,59)/t25-,26+,27+,28+,29+,30+,31+,32+,35+/m1/s1. The van der Waals surface area contributed by atoms with E-state index < -0.39 is 120 Å². The number of aliphatic hydroxyl groups excluding tert-OH is 1. The van der Waals surface area contributed by atoms with Crippen molar-refractivity contribution < 1.29 is 58.2 Å². The Morgan fingerprint density at radius 1 is 0.506 bits per heavy atom. The monoisotopic (exact) mass is 1130 g/mol. The van der Waals surface area contributed by atoms with Crippen LogP contribution in [0.15, 0.2) is 15.0 Å². The highest BCUT2D eigenvalue weighted by Crippen LogP contribution is 2.12. The Balaban J connectivity index is 3.61. The van der Waals surface area contributed by atoms with Crippen molar-refractivity contribution in [1.29, 1.82) is 0 Å². The average Bonchev–Trinajstić information content (AvgIpc) is 3.93. The van der Waals surface area contributed by atoms with E-state index in [0.717, 1.165) is 6.42 Å².